The number of rotatable bonds is 11. The number of benzene rings is 2. The van der Waals surface area contributed by atoms with E-state index in [1.165, 1.54) is 6.92 Å². The number of nitrogens with one attached hydrogen (secondary N) is 1. The first kappa shape index (κ1) is 21.2. The van der Waals surface area contributed by atoms with Crippen molar-refractivity contribution in [2.24, 2.45) is 0 Å². The predicted molar refractivity (Wildman–Crippen MR) is 106 cm³/mol. The van der Waals surface area contributed by atoms with Gasteiger partial charge in [0.05, 0.1) is 6.61 Å². The molecule has 2 aromatic carbocycles. The van der Waals surface area contributed by atoms with Gasteiger partial charge in [0.1, 0.15) is 5.75 Å². The largest absolute Gasteiger partial charge is 0.493 e. The van der Waals surface area contributed by atoms with Gasteiger partial charge in [-0.25, -0.2) is 0 Å². The van der Waals surface area contributed by atoms with Crippen molar-refractivity contribution >= 4 is 17.7 Å². The summed E-state index contributed by atoms with van der Waals surface area (Å²) in [5.41, 5.74) is 1.92. The van der Waals surface area contributed by atoms with E-state index in [9.17, 15) is 14.4 Å². The molecule has 0 fully saturated rings. The number of hydrogen-bond donors (Lipinski definition) is 2. The minimum atomic E-state index is -0.780. The lowest BCUT2D eigenvalue weighted by Gasteiger charge is -2.12. The maximum absolute atomic E-state index is 12.3. The van der Waals surface area contributed by atoms with Crippen molar-refractivity contribution < 1.29 is 24.2 Å². The van der Waals surface area contributed by atoms with Gasteiger partial charge in [0, 0.05) is 29.7 Å². The van der Waals surface area contributed by atoms with Crippen molar-refractivity contribution in [3.8, 4) is 5.75 Å². The van der Waals surface area contributed by atoms with Gasteiger partial charge in [-0.3, -0.25) is 14.4 Å². The van der Waals surface area contributed by atoms with Crippen LogP contribution in [0.25, 0.3) is 0 Å². The lowest BCUT2D eigenvalue weighted by atomic mass is 10.1. The van der Waals surface area contributed by atoms with Crippen LogP contribution in [-0.4, -0.2) is 29.4 Å². The minimum Gasteiger partial charge on any atom is -0.493 e. The second-order valence-electron chi connectivity index (χ2n) is 6.48. The lowest BCUT2D eigenvalue weighted by molar-refractivity contribution is -0.137. The van der Waals surface area contributed by atoms with E-state index in [1.807, 2.05) is 24.3 Å². The average molecular weight is 383 g/mol. The van der Waals surface area contributed by atoms with E-state index in [-0.39, 0.29) is 18.1 Å². The zero-order valence-corrected chi connectivity index (χ0v) is 15.9. The summed E-state index contributed by atoms with van der Waals surface area (Å²) in [6.07, 6.45) is 2.38. The van der Waals surface area contributed by atoms with Crippen molar-refractivity contribution in [1.82, 2.24) is 5.32 Å². The molecule has 0 radical (unpaired) electrons. The van der Waals surface area contributed by atoms with Crippen LogP contribution < -0.4 is 10.1 Å². The van der Waals surface area contributed by atoms with Crippen LogP contribution in [0.15, 0.2) is 48.5 Å². The third-order valence-corrected chi connectivity index (χ3v) is 4.26. The summed E-state index contributed by atoms with van der Waals surface area (Å²) in [7, 11) is 0. The average Bonchev–Trinajstić information content (AvgIpc) is 2.69. The van der Waals surface area contributed by atoms with E-state index in [0.717, 1.165) is 18.4 Å². The third kappa shape index (κ3) is 6.87. The molecule has 2 aromatic rings. The van der Waals surface area contributed by atoms with Crippen LogP contribution >= 0.6 is 0 Å². The van der Waals surface area contributed by atoms with E-state index in [2.05, 4.69) is 5.32 Å². The maximum Gasteiger partial charge on any atom is 0.303 e. The SMILES string of the molecule is CC(=O)c1ccc(C(=O)NCc2ccccc2OCCCCCC(=O)O)cc1. The van der Waals surface area contributed by atoms with E-state index < -0.39 is 5.97 Å². The molecule has 0 heterocycles. The molecule has 6 nitrogen and oxygen atoms in total. The van der Waals surface area contributed by atoms with E-state index in [0.29, 0.717) is 36.4 Å². The highest BCUT2D eigenvalue weighted by molar-refractivity contribution is 5.97. The molecule has 0 spiro atoms. The number of carboxylic acid groups (broad SMARTS) is 1. The van der Waals surface area contributed by atoms with Gasteiger partial charge < -0.3 is 15.2 Å². The van der Waals surface area contributed by atoms with Crippen molar-refractivity contribution in [2.45, 2.75) is 39.2 Å². The highest BCUT2D eigenvalue weighted by atomic mass is 16.5. The number of carboxylic acids is 1. The molecule has 0 aromatic heterocycles. The molecule has 0 atom stereocenters. The molecule has 0 unspecified atom stereocenters. The van der Waals surface area contributed by atoms with Crippen LogP contribution in [0.1, 0.15) is 58.9 Å². The summed E-state index contributed by atoms with van der Waals surface area (Å²) in [6.45, 7) is 2.30. The van der Waals surface area contributed by atoms with Gasteiger partial charge in [-0.15, -0.1) is 0 Å². The number of Topliss-reactive ketones (excluding diaryl/α,β-unsaturated/α-hetero) is 1. The number of carbonyl (C=O) groups excluding carboxylic acids is 2. The number of ether oxygens (including phenoxy) is 1. The molecule has 2 N–H and O–H groups in total. The third-order valence-electron chi connectivity index (χ3n) is 4.26. The fraction of sp³-hybridized carbons (Fsp3) is 0.318. The fourth-order valence-corrected chi connectivity index (χ4v) is 2.66. The fourth-order valence-electron chi connectivity index (χ4n) is 2.66. The number of hydrogen-bond acceptors (Lipinski definition) is 4. The number of amides is 1. The van der Waals surface area contributed by atoms with Crippen molar-refractivity contribution in [3.05, 3.63) is 65.2 Å². The van der Waals surface area contributed by atoms with Gasteiger partial charge in [-0.1, -0.05) is 30.3 Å². The number of aliphatic carboxylic acids is 1. The van der Waals surface area contributed by atoms with Crippen LogP contribution in [0.4, 0.5) is 0 Å². The van der Waals surface area contributed by atoms with Gasteiger partial charge in [-0.05, 0) is 44.4 Å². The Hall–Kier alpha value is -3.15. The number of ketones is 1. The van der Waals surface area contributed by atoms with Gasteiger partial charge in [0.15, 0.2) is 5.78 Å². The monoisotopic (exact) mass is 383 g/mol. The highest BCUT2D eigenvalue weighted by Gasteiger charge is 2.09. The first-order valence-corrected chi connectivity index (χ1v) is 9.29. The first-order chi connectivity index (χ1) is 13.5. The molecule has 1 amide bonds. The Morgan fingerprint density at radius 2 is 1.61 bits per heavy atom. The minimum absolute atomic E-state index is 0.0407. The first-order valence-electron chi connectivity index (χ1n) is 9.29. The molecular weight excluding hydrogens is 358 g/mol. The number of para-hydroxylation sites is 1. The molecule has 0 aliphatic carbocycles. The normalized spacial score (nSPS) is 10.3. The summed E-state index contributed by atoms with van der Waals surface area (Å²) >= 11 is 0. The van der Waals surface area contributed by atoms with Crippen LogP contribution in [0.5, 0.6) is 5.75 Å². The van der Waals surface area contributed by atoms with Gasteiger partial charge in [0.25, 0.3) is 5.91 Å². The predicted octanol–water partition coefficient (Wildman–Crippen LogP) is 3.84. The van der Waals surface area contributed by atoms with E-state index in [1.54, 1.807) is 24.3 Å². The zero-order valence-electron chi connectivity index (χ0n) is 15.9. The lowest BCUT2D eigenvalue weighted by Crippen LogP contribution is -2.23. The Bertz CT molecular complexity index is 814. The molecule has 0 bridgehead atoms. The second-order valence-corrected chi connectivity index (χ2v) is 6.48. The quantitative estimate of drug-likeness (QED) is 0.454. The van der Waals surface area contributed by atoms with Gasteiger partial charge >= 0.3 is 5.97 Å². The topological polar surface area (TPSA) is 92.7 Å². The second kappa shape index (κ2) is 10.9. The Morgan fingerprint density at radius 1 is 0.929 bits per heavy atom. The summed E-state index contributed by atoms with van der Waals surface area (Å²) in [4.78, 5) is 34.1. The van der Waals surface area contributed by atoms with E-state index >= 15 is 0 Å². The summed E-state index contributed by atoms with van der Waals surface area (Å²) in [6, 6.07) is 14.0. The molecule has 2 rings (SSSR count). The number of unbranched alkanes of at least 4 members (excludes halogenated alkanes) is 2. The Labute approximate surface area is 164 Å². The van der Waals surface area contributed by atoms with Crippen LogP contribution in [0, 0.1) is 0 Å². The molecule has 28 heavy (non-hydrogen) atoms. The molecule has 148 valence electrons. The molecule has 0 aliphatic rings. The molecule has 0 saturated carbocycles. The smallest absolute Gasteiger partial charge is 0.303 e. The maximum atomic E-state index is 12.3. The Balaban J connectivity index is 1.84. The van der Waals surface area contributed by atoms with Crippen molar-refractivity contribution in [3.63, 3.8) is 0 Å². The van der Waals surface area contributed by atoms with Crippen LogP contribution in [0.2, 0.25) is 0 Å². The highest BCUT2D eigenvalue weighted by Crippen LogP contribution is 2.18. The van der Waals surface area contributed by atoms with Crippen molar-refractivity contribution in [2.75, 3.05) is 6.61 Å². The Kier molecular flexibility index (Phi) is 8.21. The van der Waals surface area contributed by atoms with Crippen molar-refractivity contribution in [1.29, 1.82) is 0 Å². The molecule has 6 heteroatoms. The van der Waals surface area contributed by atoms with E-state index in [4.69, 9.17) is 9.84 Å². The summed E-state index contributed by atoms with van der Waals surface area (Å²) in [5.74, 6) is -0.342. The van der Waals surface area contributed by atoms with Crippen LogP contribution in [0.3, 0.4) is 0 Å². The molecule has 0 aliphatic heterocycles. The molecular formula is C22H25NO5. The standard InChI is InChI=1S/C22H25NO5/c1-16(24)17-10-12-18(13-11-17)22(27)23-15-19-7-4-5-8-20(19)28-14-6-2-3-9-21(25)26/h4-5,7-8,10-13H,2-3,6,9,14-15H2,1H3,(H,23,27)(H,25,26). The molecule has 0 saturated heterocycles. The van der Waals surface area contributed by atoms with Gasteiger partial charge in [-0.2, -0.15) is 0 Å². The summed E-state index contributed by atoms with van der Waals surface area (Å²) < 4.78 is 5.79. The van der Waals surface area contributed by atoms with Gasteiger partial charge in [0.2, 0.25) is 0 Å². The zero-order chi connectivity index (χ0) is 20.4. The summed E-state index contributed by atoms with van der Waals surface area (Å²) in [5, 5.41) is 11.5. The Morgan fingerprint density at radius 3 is 2.29 bits per heavy atom. The van der Waals surface area contributed by atoms with Crippen LogP contribution in [-0.2, 0) is 11.3 Å². The number of carbonyl (C=O) groups is 3.